The van der Waals surface area contributed by atoms with Gasteiger partial charge in [0.05, 0.1) is 39.8 Å². The van der Waals surface area contributed by atoms with E-state index in [1.54, 1.807) is 57.5 Å². The van der Waals surface area contributed by atoms with Crippen molar-refractivity contribution in [3.05, 3.63) is 52.6 Å². The number of para-hydroxylation sites is 1. The lowest BCUT2D eigenvalue weighted by Crippen LogP contribution is -2.15. The monoisotopic (exact) mass is 542 g/mol. The first-order chi connectivity index (χ1) is 15.8. The van der Waals surface area contributed by atoms with Crippen LogP contribution in [0.25, 0.3) is 0 Å². The second kappa shape index (κ2) is 10.1. The molecule has 3 aromatic rings. The Morgan fingerprint density at radius 1 is 1.03 bits per heavy atom. The van der Waals surface area contributed by atoms with Gasteiger partial charge in [-0.2, -0.15) is 4.98 Å². The summed E-state index contributed by atoms with van der Waals surface area (Å²) in [6.45, 7) is 6.48. The molecule has 0 fully saturated rings. The van der Waals surface area contributed by atoms with Crippen LogP contribution in [0.1, 0.15) is 13.8 Å². The molecule has 0 spiro atoms. The Kier molecular flexibility index (Phi) is 7.82. The van der Waals surface area contributed by atoms with Crippen molar-refractivity contribution >= 4 is 68.6 Å². The second-order valence-corrected chi connectivity index (χ2v) is 14.6. The number of hydrogen-bond acceptors (Lipinski definition) is 8. The smallest absolute Gasteiger partial charge is 0.229 e. The number of rotatable bonds is 8. The molecule has 0 saturated carbocycles. The van der Waals surface area contributed by atoms with E-state index in [9.17, 15) is 13.0 Å². The highest BCUT2D eigenvalue weighted by Gasteiger charge is 2.23. The molecule has 2 aromatic carbocycles. The highest BCUT2D eigenvalue weighted by molar-refractivity contribution is 7.92. The summed E-state index contributed by atoms with van der Waals surface area (Å²) in [5, 5.41) is 6.43. The molecular weight excluding hydrogens is 518 g/mol. The van der Waals surface area contributed by atoms with Gasteiger partial charge in [0, 0.05) is 5.30 Å². The zero-order chi connectivity index (χ0) is 25.3. The third-order valence-electron chi connectivity index (χ3n) is 4.91. The van der Waals surface area contributed by atoms with Gasteiger partial charge in [-0.05, 0) is 51.4 Å². The molecule has 0 saturated heterocycles. The van der Waals surface area contributed by atoms with Crippen molar-refractivity contribution in [3.8, 4) is 5.75 Å². The molecule has 0 aliphatic rings. The highest BCUT2D eigenvalue weighted by Crippen LogP contribution is 2.41. The number of benzene rings is 2. The summed E-state index contributed by atoms with van der Waals surface area (Å²) in [7, 11) is -4.69. The SMILES string of the molecule is COc1cc(P(C)(C)=O)c(Cl)cc1Nc1ncc(Cl)c(Nc2ccccc2S(=O)(=O)C(C)C)n1. The normalized spacial score (nSPS) is 12.0. The van der Waals surface area contributed by atoms with Crippen molar-refractivity contribution in [1.29, 1.82) is 0 Å². The number of methoxy groups -OCH3 is 1. The van der Waals surface area contributed by atoms with Crippen molar-refractivity contribution in [1.82, 2.24) is 9.97 Å². The Morgan fingerprint density at radius 3 is 2.32 bits per heavy atom. The van der Waals surface area contributed by atoms with E-state index in [-0.39, 0.29) is 21.7 Å². The van der Waals surface area contributed by atoms with Crippen LogP contribution in [0.3, 0.4) is 0 Å². The first kappa shape index (κ1) is 26.3. The molecule has 8 nitrogen and oxygen atoms in total. The molecule has 12 heteroatoms. The molecule has 1 aromatic heterocycles. The Labute approximate surface area is 209 Å². The largest absolute Gasteiger partial charge is 0.495 e. The summed E-state index contributed by atoms with van der Waals surface area (Å²) in [5.41, 5.74) is 0.801. The Bertz CT molecular complexity index is 1380. The summed E-state index contributed by atoms with van der Waals surface area (Å²) in [4.78, 5) is 8.72. The second-order valence-electron chi connectivity index (χ2n) is 8.08. The zero-order valence-electron chi connectivity index (χ0n) is 19.3. The Hall–Kier alpha value is -2.32. The maximum absolute atomic E-state index is 12.8. The number of ether oxygens (including phenoxy) is 1. The van der Waals surface area contributed by atoms with Crippen LogP contribution in [0.5, 0.6) is 5.75 Å². The van der Waals surface area contributed by atoms with Crippen LogP contribution in [-0.4, -0.2) is 44.1 Å². The molecule has 0 aliphatic heterocycles. The van der Waals surface area contributed by atoms with Gasteiger partial charge in [0.25, 0.3) is 0 Å². The number of nitrogens with zero attached hydrogens (tertiary/aromatic N) is 2. The molecule has 0 aliphatic carbocycles. The first-order valence-electron chi connectivity index (χ1n) is 10.2. The van der Waals surface area contributed by atoms with Gasteiger partial charge in [-0.25, -0.2) is 13.4 Å². The Morgan fingerprint density at radius 2 is 1.71 bits per heavy atom. The van der Waals surface area contributed by atoms with Gasteiger partial charge in [0.1, 0.15) is 17.9 Å². The third-order valence-corrected chi connectivity index (χ3v) is 9.37. The van der Waals surface area contributed by atoms with Crippen LogP contribution in [0.2, 0.25) is 10.0 Å². The molecule has 1 heterocycles. The zero-order valence-corrected chi connectivity index (χ0v) is 22.5. The fraction of sp³-hybridized carbons (Fsp3) is 0.273. The number of aromatic nitrogens is 2. The van der Waals surface area contributed by atoms with Gasteiger partial charge in [-0.15, -0.1) is 0 Å². The van der Waals surface area contributed by atoms with Gasteiger partial charge >= 0.3 is 0 Å². The number of halogens is 2. The Balaban J connectivity index is 1.99. The lowest BCUT2D eigenvalue weighted by Gasteiger charge is -2.17. The predicted molar refractivity (Wildman–Crippen MR) is 139 cm³/mol. The van der Waals surface area contributed by atoms with Crippen molar-refractivity contribution in [2.75, 3.05) is 31.1 Å². The molecule has 0 unspecified atom stereocenters. The van der Waals surface area contributed by atoms with Crippen LogP contribution >= 0.6 is 30.3 Å². The van der Waals surface area contributed by atoms with Crippen LogP contribution in [0.15, 0.2) is 47.5 Å². The van der Waals surface area contributed by atoms with Crippen molar-refractivity contribution in [3.63, 3.8) is 0 Å². The van der Waals surface area contributed by atoms with E-state index in [0.29, 0.717) is 27.5 Å². The van der Waals surface area contributed by atoms with Crippen molar-refractivity contribution in [2.45, 2.75) is 24.0 Å². The molecule has 182 valence electrons. The maximum Gasteiger partial charge on any atom is 0.229 e. The molecule has 0 atom stereocenters. The van der Waals surface area contributed by atoms with Gasteiger partial charge in [0.15, 0.2) is 15.7 Å². The van der Waals surface area contributed by atoms with Crippen LogP contribution in [0.4, 0.5) is 23.1 Å². The summed E-state index contributed by atoms with van der Waals surface area (Å²) < 4.78 is 43.5. The average molecular weight is 543 g/mol. The summed E-state index contributed by atoms with van der Waals surface area (Å²) in [6.07, 6.45) is 1.38. The van der Waals surface area contributed by atoms with E-state index < -0.39 is 22.2 Å². The standard InChI is InChI=1S/C22H25Cl2N4O4PS/c1-13(2)34(30,31)20-9-7-6-8-16(20)26-21-15(24)12-25-22(28-21)27-17-10-14(23)19(33(4,5)29)11-18(17)32-3/h6-13H,1-5H3,(H2,25,26,27,28). The molecule has 0 radical (unpaired) electrons. The van der Waals surface area contributed by atoms with Gasteiger partial charge in [-0.3, -0.25) is 0 Å². The van der Waals surface area contributed by atoms with E-state index in [4.69, 9.17) is 27.9 Å². The lowest BCUT2D eigenvalue weighted by atomic mass is 10.3. The van der Waals surface area contributed by atoms with Gasteiger partial charge < -0.3 is 19.9 Å². The molecule has 0 amide bonds. The molecule has 2 N–H and O–H groups in total. The number of hydrogen-bond donors (Lipinski definition) is 2. The molecule has 0 bridgehead atoms. The fourth-order valence-electron chi connectivity index (χ4n) is 3.06. The lowest BCUT2D eigenvalue weighted by molar-refractivity contribution is 0.417. The fourth-order valence-corrected chi connectivity index (χ4v) is 6.18. The van der Waals surface area contributed by atoms with Crippen LogP contribution in [-0.2, 0) is 14.4 Å². The summed E-state index contributed by atoms with van der Waals surface area (Å²) in [5.74, 6) is 0.776. The minimum absolute atomic E-state index is 0.141. The summed E-state index contributed by atoms with van der Waals surface area (Å²) in [6, 6.07) is 9.74. The van der Waals surface area contributed by atoms with Crippen LogP contribution in [0, 0.1) is 0 Å². The average Bonchev–Trinajstić information content (AvgIpc) is 2.75. The quantitative estimate of drug-likeness (QED) is 0.348. The minimum atomic E-state index is -3.55. The van der Waals surface area contributed by atoms with Gasteiger partial charge in [-0.1, -0.05) is 35.3 Å². The summed E-state index contributed by atoms with van der Waals surface area (Å²) >= 11 is 12.7. The molecule has 3 rings (SSSR count). The van der Waals surface area contributed by atoms with Crippen molar-refractivity contribution < 1.29 is 17.7 Å². The molecule has 34 heavy (non-hydrogen) atoms. The van der Waals surface area contributed by atoms with E-state index in [1.807, 2.05) is 0 Å². The van der Waals surface area contributed by atoms with E-state index in [2.05, 4.69) is 20.6 Å². The number of nitrogens with one attached hydrogen (secondary N) is 2. The number of sulfone groups is 1. The highest BCUT2D eigenvalue weighted by atomic mass is 35.5. The van der Waals surface area contributed by atoms with E-state index in [1.165, 1.54) is 19.4 Å². The third kappa shape index (κ3) is 5.66. The van der Waals surface area contributed by atoms with Crippen molar-refractivity contribution in [2.24, 2.45) is 0 Å². The predicted octanol–water partition coefficient (Wildman–Crippen LogP) is 5.71. The first-order valence-corrected chi connectivity index (χ1v) is 15.1. The van der Waals surface area contributed by atoms with E-state index >= 15 is 0 Å². The minimum Gasteiger partial charge on any atom is -0.495 e. The van der Waals surface area contributed by atoms with Gasteiger partial charge in [0.2, 0.25) is 5.95 Å². The maximum atomic E-state index is 12.8. The van der Waals surface area contributed by atoms with E-state index in [0.717, 1.165) is 0 Å². The molecular formula is C22H25Cl2N4O4PS. The topological polar surface area (TPSA) is 110 Å². The van der Waals surface area contributed by atoms with Crippen LogP contribution < -0.4 is 20.7 Å². The number of anilines is 4.